The van der Waals surface area contributed by atoms with Crippen LogP contribution < -0.4 is 5.73 Å². The quantitative estimate of drug-likeness (QED) is 0.868. The molecule has 102 valence electrons. The lowest BCUT2D eigenvalue weighted by Gasteiger charge is -2.36. The van der Waals surface area contributed by atoms with Crippen LogP contribution in [0.4, 0.5) is 0 Å². The van der Waals surface area contributed by atoms with Gasteiger partial charge in [0.25, 0.3) is 0 Å². The lowest BCUT2D eigenvalue weighted by molar-refractivity contribution is 0.190. The van der Waals surface area contributed by atoms with E-state index in [9.17, 15) is 0 Å². The van der Waals surface area contributed by atoms with Crippen molar-refractivity contribution in [3.8, 4) is 0 Å². The Bertz CT molecular complexity index is 353. The minimum atomic E-state index is 0.0290. The SMILES string of the molecule is CN(CC(C)(C)C)CC(C)(CN)c1ccccc1. The van der Waals surface area contributed by atoms with Gasteiger partial charge < -0.3 is 10.6 Å². The molecule has 0 heterocycles. The van der Waals surface area contributed by atoms with Crippen LogP contribution in [0.3, 0.4) is 0 Å². The molecule has 0 saturated heterocycles. The molecule has 2 N–H and O–H groups in total. The van der Waals surface area contributed by atoms with Gasteiger partial charge in [-0.05, 0) is 18.0 Å². The first-order valence-corrected chi connectivity index (χ1v) is 6.71. The van der Waals surface area contributed by atoms with E-state index in [0.717, 1.165) is 13.1 Å². The van der Waals surface area contributed by atoms with E-state index < -0.39 is 0 Å². The van der Waals surface area contributed by atoms with Gasteiger partial charge in [-0.25, -0.2) is 0 Å². The van der Waals surface area contributed by atoms with Crippen molar-refractivity contribution in [3.05, 3.63) is 35.9 Å². The van der Waals surface area contributed by atoms with Gasteiger partial charge in [0.05, 0.1) is 0 Å². The van der Waals surface area contributed by atoms with Crippen LogP contribution in [0.25, 0.3) is 0 Å². The van der Waals surface area contributed by atoms with Crippen molar-refractivity contribution < 1.29 is 0 Å². The molecule has 0 saturated carbocycles. The number of benzene rings is 1. The predicted octanol–water partition coefficient (Wildman–Crippen LogP) is 2.88. The molecule has 0 aliphatic carbocycles. The molecule has 2 nitrogen and oxygen atoms in total. The number of hydrogen-bond acceptors (Lipinski definition) is 2. The van der Waals surface area contributed by atoms with Crippen molar-refractivity contribution in [2.24, 2.45) is 11.1 Å². The molecule has 0 aromatic heterocycles. The second-order valence-corrected chi connectivity index (χ2v) is 6.86. The van der Waals surface area contributed by atoms with Gasteiger partial charge in [0, 0.05) is 25.0 Å². The smallest absolute Gasteiger partial charge is 0.0174 e. The zero-order valence-electron chi connectivity index (χ0n) is 12.5. The second-order valence-electron chi connectivity index (χ2n) is 6.86. The molecule has 0 aliphatic rings. The van der Waals surface area contributed by atoms with Crippen molar-refractivity contribution in [2.45, 2.75) is 33.1 Å². The van der Waals surface area contributed by atoms with Crippen molar-refractivity contribution >= 4 is 0 Å². The van der Waals surface area contributed by atoms with E-state index in [4.69, 9.17) is 5.73 Å². The summed E-state index contributed by atoms with van der Waals surface area (Å²) < 4.78 is 0. The highest BCUT2D eigenvalue weighted by atomic mass is 15.1. The molecule has 0 radical (unpaired) electrons. The predicted molar refractivity (Wildman–Crippen MR) is 79.8 cm³/mol. The highest BCUT2D eigenvalue weighted by molar-refractivity contribution is 5.25. The van der Waals surface area contributed by atoms with Crippen LogP contribution in [0.2, 0.25) is 0 Å². The Balaban J connectivity index is 2.78. The maximum absolute atomic E-state index is 6.02. The Labute approximate surface area is 112 Å². The zero-order chi connectivity index (χ0) is 13.8. The summed E-state index contributed by atoms with van der Waals surface area (Å²) in [6.07, 6.45) is 0. The summed E-state index contributed by atoms with van der Waals surface area (Å²) in [4.78, 5) is 2.39. The van der Waals surface area contributed by atoms with E-state index in [1.54, 1.807) is 0 Å². The van der Waals surface area contributed by atoms with E-state index in [1.807, 2.05) is 0 Å². The lowest BCUT2D eigenvalue weighted by atomic mass is 9.81. The largest absolute Gasteiger partial charge is 0.330 e. The molecular formula is C16H28N2. The summed E-state index contributed by atoms with van der Waals surface area (Å²) in [6, 6.07) is 10.6. The number of hydrogen-bond donors (Lipinski definition) is 1. The summed E-state index contributed by atoms with van der Waals surface area (Å²) in [5.74, 6) is 0. The maximum Gasteiger partial charge on any atom is 0.0174 e. The fraction of sp³-hybridized carbons (Fsp3) is 0.625. The molecule has 1 rings (SSSR count). The Morgan fingerprint density at radius 1 is 1.00 bits per heavy atom. The molecular weight excluding hydrogens is 220 g/mol. The molecule has 0 aliphatic heterocycles. The molecule has 1 aromatic rings. The van der Waals surface area contributed by atoms with Gasteiger partial charge >= 0.3 is 0 Å². The standard InChI is InChI=1S/C16H28N2/c1-15(2,3)12-18(5)13-16(4,11-17)14-9-7-6-8-10-14/h6-10H,11-13,17H2,1-5H3. The van der Waals surface area contributed by atoms with Gasteiger partial charge in [-0.3, -0.25) is 0 Å². The molecule has 0 amide bonds. The van der Waals surface area contributed by atoms with Gasteiger partial charge in [0.15, 0.2) is 0 Å². The van der Waals surface area contributed by atoms with Crippen LogP contribution in [0, 0.1) is 5.41 Å². The van der Waals surface area contributed by atoms with Crippen LogP contribution in [-0.4, -0.2) is 31.6 Å². The Kier molecular flexibility index (Phi) is 4.94. The average molecular weight is 248 g/mol. The van der Waals surface area contributed by atoms with Crippen LogP contribution in [0.5, 0.6) is 0 Å². The van der Waals surface area contributed by atoms with E-state index in [0.29, 0.717) is 12.0 Å². The maximum atomic E-state index is 6.02. The Morgan fingerprint density at radius 2 is 1.56 bits per heavy atom. The molecule has 0 spiro atoms. The third-order valence-electron chi connectivity index (χ3n) is 3.28. The van der Waals surface area contributed by atoms with Crippen LogP contribution >= 0.6 is 0 Å². The number of likely N-dealkylation sites (N-methyl/N-ethyl adjacent to an activating group) is 1. The summed E-state index contributed by atoms with van der Waals surface area (Å²) in [7, 11) is 2.18. The van der Waals surface area contributed by atoms with E-state index in [1.165, 1.54) is 5.56 Å². The average Bonchev–Trinajstić information content (AvgIpc) is 2.27. The summed E-state index contributed by atoms with van der Waals surface area (Å²) in [6.45, 7) is 11.8. The van der Waals surface area contributed by atoms with E-state index >= 15 is 0 Å². The van der Waals surface area contributed by atoms with Crippen LogP contribution in [0.15, 0.2) is 30.3 Å². The number of nitrogens with zero attached hydrogens (tertiary/aromatic N) is 1. The monoisotopic (exact) mass is 248 g/mol. The highest BCUT2D eigenvalue weighted by Crippen LogP contribution is 2.25. The first kappa shape index (κ1) is 15.2. The molecule has 1 unspecified atom stereocenters. The van der Waals surface area contributed by atoms with Crippen molar-refractivity contribution in [3.63, 3.8) is 0 Å². The van der Waals surface area contributed by atoms with Gasteiger partial charge in [-0.15, -0.1) is 0 Å². The number of nitrogens with two attached hydrogens (primary N) is 1. The Hall–Kier alpha value is -0.860. The minimum absolute atomic E-state index is 0.0290. The third-order valence-corrected chi connectivity index (χ3v) is 3.28. The summed E-state index contributed by atoms with van der Waals surface area (Å²) in [5.41, 5.74) is 7.70. The number of rotatable bonds is 5. The van der Waals surface area contributed by atoms with Gasteiger partial charge in [-0.2, -0.15) is 0 Å². The molecule has 1 aromatic carbocycles. The Morgan fingerprint density at radius 3 is 2.00 bits per heavy atom. The summed E-state index contributed by atoms with van der Waals surface area (Å²) >= 11 is 0. The molecule has 18 heavy (non-hydrogen) atoms. The van der Waals surface area contributed by atoms with E-state index in [2.05, 4.69) is 70.0 Å². The second kappa shape index (κ2) is 5.85. The first-order chi connectivity index (χ1) is 8.27. The minimum Gasteiger partial charge on any atom is -0.330 e. The molecule has 2 heteroatoms. The summed E-state index contributed by atoms with van der Waals surface area (Å²) in [5, 5.41) is 0. The normalized spacial score (nSPS) is 15.7. The highest BCUT2D eigenvalue weighted by Gasteiger charge is 2.27. The fourth-order valence-corrected chi connectivity index (χ4v) is 2.58. The van der Waals surface area contributed by atoms with Gasteiger partial charge in [0.2, 0.25) is 0 Å². The van der Waals surface area contributed by atoms with Crippen LogP contribution in [-0.2, 0) is 5.41 Å². The van der Waals surface area contributed by atoms with E-state index in [-0.39, 0.29) is 5.41 Å². The first-order valence-electron chi connectivity index (χ1n) is 6.71. The molecule has 0 bridgehead atoms. The topological polar surface area (TPSA) is 29.3 Å². The van der Waals surface area contributed by atoms with Gasteiger partial charge in [0.1, 0.15) is 0 Å². The fourth-order valence-electron chi connectivity index (χ4n) is 2.58. The van der Waals surface area contributed by atoms with Crippen molar-refractivity contribution in [1.82, 2.24) is 4.90 Å². The zero-order valence-corrected chi connectivity index (χ0v) is 12.5. The third kappa shape index (κ3) is 4.43. The molecule has 1 atom stereocenters. The molecule has 0 fully saturated rings. The lowest BCUT2D eigenvalue weighted by Crippen LogP contribution is -2.44. The van der Waals surface area contributed by atoms with Crippen molar-refractivity contribution in [2.75, 3.05) is 26.7 Å². The van der Waals surface area contributed by atoms with Crippen molar-refractivity contribution in [1.29, 1.82) is 0 Å². The van der Waals surface area contributed by atoms with Gasteiger partial charge in [-0.1, -0.05) is 58.0 Å². The van der Waals surface area contributed by atoms with Crippen LogP contribution in [0.1, 0.15) is 33.3 Å².